The fraction of sp³-hybridized carbons (Fsp3) is 0.571. The minimum Gasteiger partial charge on any atom is -0.399 e. The minimum atomic E-state index is -3.45. The Bertz CT molecular complexity index is 567. The maximum absolute atomic E-state index is 12.7. The quantitative estimate of drug-likeness (QED) is 0.838. The van der Waals surface area contributed by atoms with Gasteiger partial charge in [-0.3, -0.25) is 0 Å². The Labute approximate surface area is 129 Å². The zero-order chi connectivity index (χ0) is 14.8. The van der Waals surface area contributed by atoms with Crippen molar-refractivity contribution in [2.45, 2.75) is 37.5 Å². The van der Waals surface area contributed by atoms with E-state index in [1.807, 2.05) is 0 Å². The van der Waals surface area contributed by atoms with E-state index in [9.17, 15) is 8.42 Å². The van der Waals surface area contributed by atoms with Crippen LogP contribution >= 0.6 is 15.9 Å². The van der Waals surface area contributed by atoms with Crippen molar-refractivity contribution in [3.8, 4) is 0 Å². The third-order valence-electron chi connectivity index (χ3n) is 3.84. The molecule has 1 aromatic carbocycles. The summed E-state index contributed by atoms with van der Waals surface area (Å²) < 4.78 is 27.5. The Balaban J connectivity index is 2.18. The van der Waals surface area contributed by atoms with Crippen molar-refractivity contribution in [3.63, 3.8) is 0 Å². The van der Waals surface area contributed by atoms with E-state index in [1.54, 1.807) is 16.4 Å². The monoisotopic (exact) mass is 360 g/mol. The maximum Gasteiger partial charge on any atom is 0.244 e. The molecule has 1 heterocycles. The lowest BCUT2D eigenvalue weighted by Gasteiger charge is -2.31. The number of hydrogen-bond acceptors (Lipinski definition) is 3. The average molecular weight is 361 g/mol. The second-order valence-electron chi connectivity index (χ2n) is 5.33. The number of nitrogens with zero attached hydrogens (tertiary/aromatic N) is 1. The van der Waals surface area contributed by atoms with Crippen LogP contribution in [0, 0.1) is 5.92 Å². The summed E-state index contributed by atoms with van der Waals surface area (Å²) in [5, 5.41) is 0. The molecular weight excluding hydrogens is 340 g/mol. The van der Waals surface area contributed by atoms with E-state index in [1.165, 1.54) is 12.5 Å². The molecule has 0 radical (unpaired) electrons. The van der Waals surface area contributed by atoms with Gasteiger partial charge in [0.05, 0.1) is 4.90 Å². The van der Waals surface area contributed by atoms with Crippen LogP contribution in [0.1, 0.15) is 32.6 Å². The van der Waals surface area contributed by atoms with Crippen LogP contribution in [0.5, 0.6) is 0 Å². The molecule has 0 amide bonds. The van der Waals surface area contributed by atoms with E-state index in [4.69, 9.17) is 5.73 Å². The molecule has 0 saturated carbocycles. The van der Waals surface area contributed by atoms with Crippen molar-refractivity contribution in [1.29, 1.82) is 0 Å². The smallest absolute Gasteiger partial charge is 0.244 e. The predicted molar refractivity (Wildman–Crippen MR) is 84.9 cm³/mol. The normalized spacial score (nSPS) is 18.3. The third kappa shape index (κ3) is 3.35. The largest absolute Gasteiger partial charge is 0.399 e. The molecule has 1 aliphatic heterocycles. The van der Waals surface area contributed by atoms with Crippen LogP contribution in [-0.2, 0) is 10.0 Å². The fourth-order valence-electron chi connectivity index (χ4n) is 2.70. The number of benzene rings is 1. The maximum atomic E-state index is 12.7. The molecule has 0 atom stereocenters. The number of sulfonamides is 1. The Morgan fingerprint density at radius 2 is 2.00 bits per heavy atom. The second kappa shape index (κ2) is 6.45. The van der Waals surface area contributed by atoms with Gasteiger partial charge in [-0.2, -0.15) is 4.31 Å². The average Bonchev–Trinajstić information content (AvgIpc) is 2.42. The summed E-state index contributed by atoms with van der Waals surface area (Å²) in [6.07, 6.45) is 4.26. The van der Waals surface area contributed by atoms with Crippen molar-refractivity contribution >= 4 is 31.6 Å². The standard InChI is InChI=1S/C14H21BrN2O2S/c1-2-3-11-6-8-17(9-7-11)20(18,19)14-10-12(16)4-5-13(14)15/h4-5,10-11H,2-3,6-9,16H2,1H3. The number of rotatable bonds is 4. The Kier molecular flexibility index (Phi) is 5.09. The molecule has 4 nitrogen and oxygen atoms in total. The van der Waals surface area contributed by atoms with Gasteiger partial charge in [0.15, 0.2) is 0 Å². The van der Waals surface area contributed by atoms with Gasteiger partial charge in [0.2, 0.25) is 10.0 Å². The van der Waals surface area contributed by atoms with Gasteiger partial charge in [0, 0.05) is 23.2 Å². The van der Waals surface area contributed by atoms with Crippen LogP contribution in [0.4, 0.5) is 5.69 Å². The van der Waals surface area contributed by atoms with E-state index >= 15 is 0 Å². The molecule has 0 unspecified atom stereocenters. The second-order valence-corrected chi connectivity index (χ2v) is 8.09. The summed E-state index contributed by atoms with van der Waals surface area (Å²) in [5.74, 6) is 0.663. The van der Waals surface area contributed by atoms with Crippen LogP contribution in [0.25, 0.3) is 0 Å². The van der Waals surface area contributed by atoms with Gasteiger partial charge in [-0.15, -0.1) is 0 Å². The van der Waals surface area contributed by atoms with Crippen molar-refractivity contribution < 1.29 is 8.42 Å². The van der Waals surface area contributed by atoms with Gasteiger partial charge in [0.1, 0.15) is 0 Å². The lowest BCUT2D eigenvalue weighted by atomic mass is 9.94. The lowest BCUT2D eigenvalue weighted by molar-refractivity contribution is 0.262. The van der Waals surface area contributed by atoms with Crippen LogP contribution in [0.3, 0.4) is 0 Å². The summed E-state index contributed by atoms with van der Waals surface area (Å²) in [7, 11) is -3.45. The Morgan fingerprint density at radius 1 is 1.35 bits per heavy atom. The van der Waals surface area contributed by atoms with Crippen molar-refractivity contribution in [3.05, 3.63) is 22.7 Å². The first-order valence-electron chi connectivity index (χ1n) is 7.00. The summed E-state index contributed by atoms with van der Waals surface area (Å²) in [5.41, 5.74) is 6.18. The fourth-order valence-corrected chi connectivity index (χ4v) is 5.13. The summed E-state index contributed by atoms with van der Waals surface area (Å²) in [6.45, 7) is 3.38. The zero-order valence-electron chi connectivity index (χ0n) is 11.7. The van der Waals surface area contributed by atoms with Crippen LogP contribution in [0.15, 0.2) is 27.6 Å². The highest BCUT2D eigenvalue weighted by Gasteiger charge is 2.30. The van der Waals surface area contributed by atoms with Crippen LogP contribution < -0.4 is 5.73 Å². The first-order chi connectivity index (χ1) is 9.45. The highest BCUT2D eigenvalue weighted by Crippen LogP contribution is 2.30. The molecule has 6 heteroatoms. The molecule has 1 aliphatic rings. The van der Waals surface area contributed by atoms with E-state index in [2.05, 4.69) is 22.9 Å². The molecule has 0 bridgehead atoms. The Hall–Kier alpha value is -0.590. The molecule has 112 valence electrons. The number of hydrogen-bond donors (Lipinski definition) is 1. The highest BCUT2D eigenvalue weighted by atomic mass is 79.9. The van der Waals surface area contributed by atoms with Crippen molar-refractivity contribution in [2.75, 3.05) is 18.8 Å². The zero-order valence-corrected chi connectivity index (χ0v) is 14.1. The van der Waals surface area contributed by atoms with Gasteiger partial charge in [0.25, 0.3) is 0 Å². The molecule has 0 aliphatic carbocycles. The molecular formula is C14H21BrN2O2S. The van der Waals surface area contributed by atoms with Crippen LogP contribution in [0.2, 0.25) is 0 Å². The summed E-state index contributed by atoms with van der Waals surface area (Å²) in [6, 6.07) is 4.90. The van der Waals surface area contributed by atoms with E-state index in [0.717, 1.165) is 19.3 Å². The van der Waals surface area contributed by atoms with Crippen molar-refractivity contribution in [2.24, 2.45) is 5.92 Å². The van der Waals surface area contributed by atoms with Gasteiger partial charge in [-0.25, -0.2) is 8.42 Å². The van der Waals surface area contributed by atoms with Crippen molar-refractivity contribution in [1.82, 2.24) is 4.31 Å². The molecule has 2 N–H and O–H groups in total. The molecule has 1 saturated heterocycles. The number of halogens is 1. The molecule has 0 spiro atoms. The van der Waals surface area contributed by atoms with Gasteiger partial charge >= 0.3 is 0 Å². The molecule has 1 aromatic rings. The van der Waals surface area contributed by atoms with Gasteiger partial charge in [-0.05, 0) is 52.9 Å². The number of piperidine rings is 1. The summed E-state index contributed by atoms with van der Waals surface area (Å²) in [4.78, 5) is 0.270. The number of anilines is 1. The highest BCUT2D eigenvalue weighted by molar-refractivity contribution is 9.10. The van der Waals surface area contributed by atoms with Crippen LogP contribution in [-0.4, -0.2) is 25.8 Å². The minimum absolute atomic E-state index is 0.270. The molecule has 20 heavy (non-hydrogen) atoms. The first kappa shape index (κ1) is 15.8. The number of nitrogen functional groups attached to an aromatic ring is 1. The van der Waals surface area contributed by atoms with Gasteiger partial charge in [-0.1, -0.05) is 19.8 Å². The molecule has 2 rings (SSSR count). The Morgan fingerprint density at radius 3 is 2.60 bits per heavy atom. The SMILES string of the molecule is CCCC1CCN(S(=O)(=O)c2cc(N)ccc2Br)CC1. The van der Waals surface area contributed by atoms with E-state index in [0.29, 0.717) is 29.2 Å². The predicted octanol–water partition coefficient (Wildman–Crippen LogP) is 3.23. The summed E-state index contributed by atoms with van der Waals surface area (Å²) >= 11 is 3.31. The third-order valence-corrected chi connectivity index (χ3v) is 6.74. The van der Waals surface area contributed by atoms with E-state index < -0.39 is 10.0 Å². The molecule has 0 aromatic heterocycles. The first-order valence-corrected chi connectivity index (χ1v) is 9.23. The molecule has 1 fully saturated rings. The topological polar surface area (TPSA) is 63.4 Å². The van der Waals surface area contributed by atoms with E-state index in [-0.39, 0.29) is 4.90 Å². The lowest BCUT2D eigenvalue weighted by Crippen LogP contribution is -2.38. The number of nitrogens with two attached hydrogens (primary N) is 1. The van der Waals surface area contributed by atoms with Gasteiger partial charge < -0.3 is 5.73 Å².